The summed E-state index contributed by atoms with van der Waals surface area (Å²) in [6, 6.07) is 6.19. The molecule has 10 heteroatoms. The highest BCUT2D eigenvalue weighted by molar-refractivity contribution is 9.10. The maximum atomic E-state index is 12.9. The van der Waals surface area contributed by atoms with Crippen molar-refractivity contribution in [1.29, 1.82) is 0 Å². The Hall–Kier alpha value is -2.33. The van der Waals surface area contributed by atoms with Crippen LogP contribution in [0, 0.1) is 0 Å². The number of halogens is 1. The molecule has 0 aliphatic heterocycles. The van der Waals surface area contributed by atoms with E-state index in [2.05, 4.69) is 36.4 Å². The van der Waals surface area contributed by atoms with Gasteiger partial charge in [-0.2, -0.15) is 0 Å². The van der Waals surface area contributed by atoms with Crippen LogP contribution in [0.1, 0.15) is 44.1 Å². The number of sulfone groups is 1. The third-order valence-corrected chi connectivity index (χ3v) is 7.78. The van der Waals surface area contributed by atoms with E-state index in [-0.39, 0.29) is 27.8 Å². The molecule has 30 heavy (non-hydrogen) atoms. The maximum absolute atomic E-state index is 12.9. The lowest BCUT2D eigenvalue weighted by Gasteiger charge is -2.11. The van der Waals surface area contributed by atoms with Crippen molar-refractivity contribution >= 4 is 43.2 Å². The van der Waals surface area contributed by atoms with Gasteiger partial charge in [0.05, 0.1) is 22.5 Å². The summed E-state index contributed by atoms with van der Waals surface area (Å²) in [7, 11) is -3.30. The van der Waals surface area contributed by atoms with Crippen LogP contribution in [-0.4, -0.2) is 41.4 Å². The van der Waals surface area contributed by atoms with Crippen molar-refractivity contribution in [2.75, 3.05) is 5.32 Å². The number of anilines is 1. The molecular weight excluding hydrogens is 472 g/mol. The average molecular weight is 493 g/mol. The van der Waals surface area contributed by atoms with E-state index in [1.54, 1.807) is 12.1 Å². The van der Waals surface area contributed by atoms with E-state index in [1.807, 2.05) is 0 Å². The molecule has 2 aliphatic carbocycles. The van der Waals surface area contributed by atoms with E-state index in [4.69, 9.17) is 4.84 Å². The summed E-state index contributed by atoms with van der Waals surface area (Å²) in [5, 5.41) is 6.49. The van der Waals surface area contributed by atoms with E-state index in [9.17, 15) is 13.2 Å². The predicted molar refractivity (Wildman–Crippen MR) is 115 cm³/mol. The van der Waals surface area contributed by atoms with Gasteiger partial charge in [-0.1, -0.05) is 17.3 Å². The molecular formula is C20H21BrN4O4S. The van der Waals surface area contributed by atoms with Gasteiger partial charge < -0.3 is 10.2 Å². The molecule has 0 radical (unpaired) electrons. The molecule has 1 amide bonds. The van der Waals surface area contributed by atoms with Crippen LogP contribution in [0.3, 0.4) is 0 Å². The van der Waals surface area contributed by atoms with Gasteiger partial charge in [-0.15, -0.1) is 0 Å². The lowest BCUT2D eigenvalue weighted by molar-refractivity contribution is -0.110. The van der Waals surface area contributed by atoms with Gasteiger partial charge in [0, 0.05) is 5.56 Å². The van der Waals surface area contributed by atoms with Gasteiger partial charge in [-0.3, -0.25) is 4.79 Å². The molecule has 1 N–H and O–H groups in total. The number of nitrogens with zero attached hydrogens (tertiary/aromatic N) is 3. The maximum Gasteiger partial charge on any atom is 0.279 e. The zero-order chi connectivity index (χ0) is 21.1. The molecule has 0 atom stereocenters. The van der Waals surface area contributed by atoms with Crippen LogP contribution in [0.4, 0.5) is 5.82 Å². The Bertz CT molecular complexity index is 1050. The quantitative estimate of drug-likeness (QED) is 0.467. The smallest absolute Gasteiger partial charge is 0.279 e. The highest BCUT2D eigenvalue weighted by atomic mass is 79.9. The second-order valence-electron chi connectivity index (χ2n) is 7.40. The van der Waals surface area contributed by atoms with Crippen LogP contribution in [0.5, 0.6) is 0 Å². The molecule has 1 aromatic heterocycles. The number of rotatable bonds is 7. The van der Waals surface area contributed by atoms with Crippen molar-refractivity contribution in [3.05, 3.63) is 46.8 Å². The number of hydrogen-bond acceptors (Lipinski definition) is 7. The number of hydrogen-bond donors (Lipinski definition) is 1. The molecule has 1 aromatic carbocycles. The van der Waals surface area contributed by atoms with Gasteiger partial charge >= 0.3 is 0 Å². The van der Waals surface area contributed by atoms with Gasteiger partial charge in [0.15, 0.2) is 21.4 Å². The van der Waals surface area contributed by atoms with Gasteiger partial charge in [-0.05, 0) is 66.6 Å². The number of carbonyl (C=O) groups excluding carboxylic acids is 1. The number of carbonyl (C=O) groups is 1. The minimum absolute atomic E-state index is 0.0187. The molecule has 158 valence electrons. The number of amides is 1. The molecule has 0 spiro atoms. The molecule has 0 saturated heterocycles. The van der Waals surface area contributed by atoms with E-state index >= 15 is 0 Å². The van der Waals surface area contributed by atoms with Crippen molar-refractivity contribution in [3.8, 4) is 0 Å². The first-order valence-electron chi connectivity index (χ1n) is 9.80. The zero-order valence-corrected chi connectivity index (χ0v) is 18.5. The molecule has 1 heterocycles. The first kappa shape index (κ1) is 20.9. The topological polar surface area (TPSA) is 111 Å². The minimum Gasteiger partial charge on any atom is -0.392 e. The first-order chi connectivity index (χ1) is 14.4. The highest BCUT2D eigenvalue weighted by Gasteiger charge is 2.36. The molecule has 0 unspecified atom stereocenters. The third-order valence-electron chi connectivity index (χ3n) is 5.09. The Morgan fingerprint density at radius 3 is 2.37 bits per heavy atom. The molecule has 2 fully saturated rings. The van der Waals surface area contributed by atoms with Gasteiger partial charge in [-0.25, -0.2) is 18.4 Å². The molecule has 2 saturated carbocycles. The second-order valence-corrected chi connectivity index (χ2v) is 10.4. The normalized spacial score (nSPS) is 17.7. The van der Waals surface area contributed by atoms with Crippen LogP contribution < -0.4 is 5.32 Å². The fraction of sp³-hybridized carbons (Fsp3) is 0.400. The lowest BCUT2D eigenvalue weighted by Crippen LogP contribution is -2.25. The summed E-state index contributed by atoms with van der Waals surface area (Å²) in [4.78, 5) is 26.9. The second kappa shape index (κ2) is 8.81. The molecule has 2 aliphatic rings. The van der Waals surface area contributed by atoms with Crippen LogP contribution in [0.15, 0.2) is 51.3 Å². The SMILES string of the molecule is O=C(Nc1cnc(Br)cn1)C(=NOC1CCCC1)c1ccc(S(=O)(=O)C2CC2)cc1. The summed E-state index contributed by atoms with van der Waals surface area (Å²) < 4.78 is 25.4. The van der Waals surface area contributed by atoms with Crippen molar-refractivity contribution in [2.45, 2.75) is 54.8 Å². The summed E-state index contributed by atoms with van der Waals surface area (Å²) in [6.45, 7) is 0. The lowest BCUT2D eigenvalue weighted by atomic mass is 10.1. The fourth-order valence-electron chi connectivity index (χ4n) is 3.27. The Kier molecular flexibility index (Phi) is 6.14. The Morgan fingerprint density at radius 2 is 1.77 bits per heavy atom. The molecule has 0 bridgehead atoms. The van der Waals surface area contributed by atoms with E-state index in [1.165, 1.54) is 24.5 Å². The number of benzene rings is 1. The molecule has 4 rings (SSSR count). The Balaban J connectivity index is 1.58. The Labute approximate surface area is 183 Å². The summed E-state index contributed by atoms with van der Waals surface area (Å²) in [5.74, 6) is -0.243. The van der Waals surface area contributed by atoms with Crippen molar-refractivity contribution < 1.29 is 18.0 Å². The minimum atomic E-state index is -3.30. The largest absolute Gasteiger partial charge is 0.392 e. The van der Waals surface area contributed by atoms with Crippen LogP contribution in [-0.2, 0) is 19.5 Å². The van der Waals surface area contributed by atoms with E-state index < -0.39 is 15.7 Å². The van der Waals surface area contributed by atoms with Crippen LogP contribution in [0.25, 0.3) is 0 Å². The monoisotopic (exact) mass is 492 g/mol. The van der Waals surface area contributed by atoms with Gasteiger partial charge in [0.25, 0.3) is 5.91 Å². The highest BCUT2D eigenvalue weighted by Crippen LogP contribution is 2.33. The summed E-state index contributed by atoms with van der Waals surface area (Å²) in [6.07, 6.45) is 8.21. The molecule has 2 aromatic rings. The Morgan fingerprint density at radius 1 is 1.07 bits per heavy atom. The summed E-state index contributed by atoms with van der Waals surface area (Å²) in [5.41, 5.74) is 0.521. The van der Waals surface area contributed by atoms with E-state index in [0.717, 1.165) is 25.7 Å². The van der Waals surface area contributed by atoms with E-state index in [0.29, 0.717) is 23.0 Å². The van der Waals surface area contributed by atoms with Gasteiger partial charge in [0.1, 0.15) is 10.7 Å². The van der Waals surface area contributed by atoms with Crippen molar-refractivity contribution in [3.63, 3.8) is 0 Å². The standard InChI is InChI=1S/C20H21BrN4O4S/c21-17-11-23-18(12-22-17)24-20(26)19(25-29-14-3-1-2-4-14)13-5-7-15(8-6-13)30(27,28)16-9-10-16/h5-8,11-12,14,16H,1-4,9-10H2,(H,23,24,26). The first-order valence-corrected chi connectivity index (χ1v) is 12.1. The van der Waals surface area contributed by atoms with Crippen molar-refractivity contribution in [1.82, 2.24) is 9.97 Å². The number of oxime groups is 1. The van der Waals surface area contributed by atoms with Crippen molar-refractivity contribution in [2.24, 2.45) is 5.16 Å². The van der Waals surface area contributed by atoms with Crippen LogP contribution in [0.2, 0.25) is 0 Å². The number of aromatic nitrogens is 2. The zero-order valence-electron chi connectivity index (χ0n) is 16.1. The van der Waals surface area contributed by atoms with Crippen LogP contribution >= 0.6 is 15.9 Å². The number of nitrogens with one attached hydrogen (secondary N) is 1. The molecule has 8 nitrogen and oxygen atoms in total. The predicted octanol–water partition coefficient (Wildman–Crippen LogP) is 3.48. The summed E-state index contributed by atoms with van der Waals surface area (Å²) >= 11 is 3.20. The average Bonchev–Trinajstić information content (AvgIpc) is 3.48. The van der Waals surface area contributed by atoms with Gasteiger partial charge in [0.2, 0.25) is 0 Å². The fourth-order valence-corrected chi connectivity index (χ4v) is 5.13. The third kappa shape index (κ3) is 4.86.